The van der Waals surface area contributed by atoms with Crippen LogP contribution in [0.2, 0.25) is 0 Å². The van der Waals surface area contributed by atoms with Crippen molar-refractivity contribution in [1.29, 1.82) is 0 Å². The van der Waals surface area contributed by atoms with Gasteiger partial charge in [-0.3, -0.25) is 9.59 Å². The normalized spacial score (nSPS) is 16.4. The Balaban J connectivity index is 1.33. The molecule has 4 rings (SSSR count). The second-order valence-corrected chi connectivity index (χ2v) is 8.23. The lowest BCUT2D eigenvalue weighted by molar-refractivity contribution is -0.128. The second kappa shape index (κ2) is 8.12. The molecule has 1 aliphatic heterocycles. The maximum Gasteiger partial charge on any atom is 0.261 e. The highest BCUT2D eigenvalue weighted by atomic mass is 32.1. The third kappa shape index (κ3) is 4.51. The highest BCUT2D eigenvalue weighted by Crippen LogP contribution is 2.27. The van der Waals surface area contributed by atoms with Gasteiger partial charge in [0.15, 0.2) is 5.82 Å². The molecule has 0 unspecified atom stereocenters. The molecular formula is C20H19FN4O3S. The molecule has 150 valence electrons. The Kier molecular flexibility index (Phi) is 5.39. The van der Waals surface area contributed by atoms with Gasteiger partial charge in [0.05, 0.1) is 11.4 Å². The average Bonchev–Trinajstić information content (AvgIpc) is 3.42. The summed E-state index contributed by atoms with van der Waals surface area (Å²) >= 11 is 1.42. The zero-order chi connectivity index (χ0) is 20.4. The van der Waals surface area contributed by atoms with E-state index in [0.29, 0.717) is 36.1 Å². The molecule has 2 aromatic heterocycles. The predicted octanol–water partition coefficient (Wildman–Crippen LogP) is 3.02. The zero-order valence-corrected chi connectivity index (χ0v) is 16.5. The Morgan fingerprint density at radius 1 is 1.31 bits per heavy atom. The number of halogens is 1. The zero-order valence-electron chi connectivity index (χ0n) is 15.7. The van der Waals surface area contributed by atoms with E-state index in [1.165, 1.54) is 23.5 Å². The number of aromatic nitrogens is 2. The van der Waals surface area contributed by atoms with Gasteiger partial charge in [0.25, 0.3) is 5.91 Å². The van der Waals surface area contributed by atoms with Crippen LogP contribution in [0.5, 0.6) is 0 Å². The summed E-state index contributed by atoms with van der Waals surface area (Å²) in [4.78, 5) is 32.2. The highest BCUT2D eigenvalue weighted by molar-refractivity contribution is 7.13. The third-order valence-corrected chi connectivity index (χ3v) is 5.71. The maximum atomic E-state index is 13.0. The summed E-state index contributed by atoms with van der Waals surface area (Å²) in [6, 6.07) is 9.75. The van der Waals surface area contributed by atoms with Crippen molar-refractivity contribution >= 4 is 23.2 Å². The number of hydrogen-bond acceptors (Lipinski definition) is 6. The Bertz CT molecular complexity index is 1030. The molecular weight excluding hydrogens is 395 g/mol. The molecule has 0 spiro atoms. The Hall–Kier alpha value is -3.07. The lowest BCUT2D eigenvalue weighted by Crippen LogP contribution is -2.24. The first-order chi connectivity index (χ1) is 14.0. The van der Waals surface area contributed by atoms with Crippen molar-refractivity contribution in [3.8, 4) is 0 Å². The topological polar surface area (TPSA) is 88.3 Å². The third-order valence-electron chi connectivity index (χ3n) is 4.71. The Labute approximate surface area is 170 Å². The SMILES string of the molecule is Cc1ccc(C(=O)NCc2nc([C@@H]3CC(=O)N(Cc4ccc(F)cc4)C3)no2)s1. The fourth-order valence-corrected chi connectivity index (χ4v) is 4.00. The largest absolute Gasteiger partial charge is 0.342 e. The summed E-state index contributed by atoms with van der Waals surface area (Å²) in [6.45, 7) is 2.95. The van der Waals surface area contributed by atoms with Gasteiger partial charge in [-0.1, -0.05) is 17.3 Å². The molecule has 0 bridgehead atoms. The van der Waals surface area contributed by atoms with E-state index in [2.05, 4.69) is 15.5 Å². The van der Waals surface area contributed by atoms with Gasteiger partial charge in [-0.2, -0.15) is 4.98 Å². The number of carbonyl (C=O) groups is 2. The number of benzene rings is 1. The van der Waals surface area contributed by atoms with E-state index >= 15 is 0 Å². The number of likely N-dealkylation sites (tertiary alicyclic amines) is 1. The van der Waals surface area contributed by atoms with Crippen molar-refractivity contribution < 1.29 is 18.5 Å². The number of rotatable bonds is 6. The van der Waals surface area contributed by atoms with Crippen molar-refractivity contribution in [3.63, 3.8) is 0 Å². The first-order valence-corrected chi connectivity index (χ1v) is 9.99. The fraction of sp³-hybridized carbons (Fsp3) is 0.300. The molecule has 0 aliphatic carbocycles. The van der Waals surface area contributed by atoms with Crippen LogP contribution in [0, 0.1) is 12.7 Å². The first kappa shape index (κ1) is 19.3. The van der Waals surface area contributed by atoms with E-state index in [0.717, 1.165) is 10.4 Å². The number of nitrogens with one attached hydrogen (secondary N) is 1. The van der Waals surface area contributed by atoms with Crippen LogP contribution in [0.1, 0.15) is 44.2 Å². The van der Waals surface area contributed by atoms with Gasteiger partial charge in [-0.05, 0) is 36.8 Å². The second-order valence-electron chi connectivity index (χ2n) is 6.94. The molecule has 1 fully saturated rings. The summed E-state index contributed by atoms with van der Waals surface area (Å²) in [5.74, 6) is 0.0785. The number of hydrogen-bond donors (Lipinski definition) is 1. The number of nitrogens with zero attached hydrogens (tertiary/aromatic N) is 3. The van der Waals surface area contributed by atoms with E-state index in [9.17, 15) is 14.0 Å². The van der Waals surface area contributed by atoms with Crippen LogP contribution in [-0.2, 0) is 17.9 Å². The van der Waals surface area contributed by atoms with Crippen LogP contribution in [0.3, 0.4) is 0 Å². The van der Waals surface area contributed by atoms with Gasteiger partial charge in [-0.15, -0.1) is 11.3 Å². The molecule has 1 saturated heterocycles. The van der Waals surface area contributed by atoms with Crippen LogP contribution in [0.4, 0.5) is 4.39 Å². The molecule has 1 aliphatic rings. The summed E-state index contributed by atoms with van der Waals surface area (Å²) in [5, 5.41) is 6.73. The number of amides is 2. The molecule has 7 nitrogen and oxygen atoms in total. The Morgan fingerprint density at radius 2 is 2.10 bits per heavy atom. The molecule has 29 heavy (non-hydrogen) atoms. The Morgan fingerprint density at radius 3 is 2.83 bits per heavy atom. The van der Waals surface area contributed by atoms with Gasteiger partial charge >= 0.3 is 0 Å². The van der Waals surface area contributed by atoms with Crippen LogP contribution in [0.25, 0.3) is 0 Å². The summed E-state index contributed by atoms with van der Waals surface area (Å²) in [5.41, 5.74) is 0.862. The lowest BCUT2D eigenvalue weighted by atomic mass is 10.1. The average molecular weight is 414 g/mol. The number of carbonyl (C=O) groups excluding carboxylic acids is 2. The van der Waals surface area contributed by atoms with Gasteiger partial charge < -0.3 is 14.7 Å². The maximum absolute atomic E-state index is 13.0. The predicted molar refractivity (Wildman–Crippen MR) is 104 cm³/mol. The fourth-order valence-electron chi connectivity index (χ4n) is 3.21. The summed E-state index contributed by atoms with van der Waals surface area (Å²) < 4.78 is 18.3. The van der Waals surface area contributed by atoms with Crippen LogP contribution in [-0.4, -0.2) is 33.4 Å². The van der Waals surface area contributed by atoms with Crippen LogP contribution >= 0.6 is 11.3 Å². The number of thiophene rings is 1. The molecule has 1 atom stereocenters. The van der Waals surface area contributed by atoms with E-state index in [1.807, 2.05) is 13.0 Å². The molecule has 1 aromatic carbocycles. The molecule has 3 heterocycles. The molecule has 0 radical (unpaired) electrons. The van der Waals surface area contributed by atoms with Crippen molar-refractivity contribution in [2.75, 3.05) is 6.54 Å². The van der Waals surface area contributed by atoms with Crippen molar-refractivity contribution in [1.82, 2.24) is 20.4 Å². The number of aryl methyl sites for hydroxylation is 1. The first-order valence-electron chi connectivity index (χ1n) is 9.17. The molecule has 1 N–H and O–H groups in total. The van der Waals surface area contributed by atoms with E-state index < -0.39 is 0 Å². The van der Waals surface area contributed by atoms with E-state index in [-0.39, 0.29) is 30.1 Å². The van der Waals surface area contributed by atoms with Gasteiger partial charge in [0.2, 0.25) is 11.8 Å². The standard InChI is InChI=1S/C20H19FN4O3S/c1-12-2-7-16(29-12)20(27)22-9-17-23-19(24-28-17)14-8-18(26)25(11-14)10-13-3-5-15(21)6-4-13/h2-7,14H,8-11H2,1H3,(H,22,27)/t14-/m1/s1. The van der Waals surface area contributed by atoms with Gasteiger partial charge in [-0.25, -0.2) is 4.39 Å². The quantitative estimate of drug-likeness (QED) is 0.670. The molecule has 3 aromatic rings. The molecule has 2 amide bonds. The molecule has 0 saturated carbocycles. The van der Waals surface area contributed by atoms with Crippen molar-refractivity contribution in [2.45, 2.75) is 32.4 Å². The highest BCUT2D eigenvalue weighted by Gasteiger charge is 2.33. The minimum Gasteiger partial charge on any atom is -0.342 e. The van der Waals surface area contributed by atoms with Gasteiger partial charge in [0.1, 0.15) is 5.82 Å². The molecule has 9 heteroatoms. The summed E-state index contributed by atoms with van der Waals surface area (Å²) in [7, 11) is 0. The minimum absolute atomic E-state index is 0.00737. The van der Waals surface area contributed by atoms with Crippen LogP contribution < -0.4 is 5.32 Å². The lowest BCUT2D eigenvalue weighted by Gasteiger charge is -2.16. The van der Waals surface area contributed by atoms with Crippen LogP contribution in [0.15, 0.2) is 40.9 Å². The monoisotopic (exact) mass is 414 g/mol. The van der Waals surface area contributed by atoms with Crippen molar-refractivity contribution in [2.24, 2.45) is 0 Å². The van der Waals surface area contributed by atoms with Gasteiger partial charge in [0, 0.05) is 30.3 Å². The van der Waals surface area contributed by atoms with E-state index in [1.54, 1.807) is 23.1 Å². The smallest absolute Gasteiger partial charge is 0.261 e. The van der Waals surface area contributed by atoms with E-state index in [4.69, 9.17) is 4.52 Å². The summed E-state index contributed by atoms with van der Waals surface area (Å²) in [6.07, 6.45) is 0.293. The minimum atomic E-state index is -0.306. The van der Waals surface area contributed by atoms with Crippen molar-refractivity contribution in [3.05, 3.63) is 69.2 Å².